The van der Waals surface area contributed by atoms with Crippen LogP contribution in [0.3, 0.4) is 0 Å². The van der Waals surface area contributed by atoms with Gasteiger partial charge in [0.05, 0.1) is 21.3 Å². The lowest BCUT2D eigenvalue weighted by molar-refractivity contribution is 0.318. The summed E-state index contributed by atoms with van der Waals surface area (Å²) in [6, 6.07) is 12.8. The summed E-state index contributed by atoms with van der Waals surface area (Å²) in [7, 11) is 4.55. The Morgan fingerprint density at radius 1 is 1.00 bits per heavy atom. The van der Waals surface area contributed by atoms with Gasteiger partial charge in [0.1, 0.15) is 17.7 Å². The number of oxazole rings is 1. The molecule has 0 aliphatic rings. The van der Waals surface area contributed by atoms with Gasteiger partial charge in [0.25, 0.3) is 0 Å². The highest BCUT2D eigenvalue weighted by atomic mass is 16.5. The fourth-order valence-corrected chi connectivity index (χ4v) is 2.57. The molecule has 3 aromatic rings. The minimum atomic E-state index is 0.218. The van der Waals surface area contributed by atoms with E-state index in [0.29, 0.717) is 34.4 Å². The van der Waals surface area contributed by atoms with Crippen molar-refractivity contribution in [1.82, 2.24) is 4.98 Å². The minimum Gasteiger partial charge on any atom is -0.493 e. The zero-order valence-corrected chi connectivity index (χ0v) is 14.6. The molecule has 0 bridgehead atoms. The predicted octanol–water partition coefficient (Wildman–Crippen LogP) is 3.59. The fraction of sp³-hybridized carbons (Fsp3) is 0.158. The zero-order valence-electron chi connectivity index (χ0n) is 14.6. The van der Waals surface area contributed by atoms with Crippen LogP contribution in [-0.4, -0.2) is 37.2 Å². The number of ether oxygens (including phenoxy) is 3. The molecule has 7 heteroatoms. The molecule has 1 aromatic heterocycles. The van der Waals surface area contributed by atoms with Gasteiger partial charge in [-0.25, -0.2) is 4.98 Å². The molecule has 0 aliphatic heterocycles. The minimum absolute atomic E-state index is 0.218. The number of hydrogen-bond donors (Lipinski definition) is 1. The first kappa shape index (κ1) is 17.3. The number of methoxy groups -OCH3 is 3. The first-order valence-corrected chi connectivity index (χ1v) is 7.75. The highest BCUT2D eigenvalue weighted by molar-refractivity contribution is 6.12. The van der Waals surface area contributed by atoms with Crippen LogP contribution in [0.25, 0.3) is 11.5 Å². The lowest BCUT2D eigenvalue weighted by Crippen LogP contribution is -2.06. The van der Waals surface area contributed by atoms with E-state index in [1.54, 1.807) is 12.1 Å². The Labute approximate surface area is 150 Å². The summed E-state index contributed by atoms with van der Waals surface area (Å²) in [6.07, 6.45) is 1.43. The monoisotopic (exact) mass is 354 g/mol. The third-order valence-electron chi connectivity index (χ3n) is 3.81. The molecule has 0 spiro atoms. The van der Waals surface area contributed by atoms with Crippen LogP contribution in [0.4, 0.5) is 0 Å². The van der Waals surface area contributed by atoms with Crippen LogP contribution in [0.2, 0.25) is 0 Å². The smallest absolute Gasteiger partial charge is 0.226 e. The molecule has 0 atom stereocenters. The Hall–Kier alpha value is -3.48. The van der Waals surface area contributed by atoms with E-state index in [1.807, 2.05) is 30.3 Å². The molecule has 0 saturated heterocycles. The van der Waals surface area contributed by atoms with Gasteiger partial charge in [0.2, 0.25) is 11.6 Å². The largest absolute Gasteiger partial charge is 0.493 e. The lowest BCUT2D eigenvalue weighted by atomic mass is 10.1. The van der Waals surface area contributed by atoms with Crippen molar-refractivity contribution in [3.8, 4) is 28.7 Å². The molecular weight excluding hydrogens is 336 g/mol. The van der Waals surface area contributed by atoms with Crippen molar-refractivity contribution in [2.45, 2.75) is 0 Å². The number of aromatic nitrogens is 1. The molecule has 2 aromatic carbocycles. The summed E-state index contributed by atoms with van der Waals surface area (Å²) in [4.78, 5) is 4.41. The highest BCUT2D eigenvalue weighted by Gasteiger charge is 2.20. The molecule has 0 radical (unpaired) electrons. The van der Waals surface area contributed by atoms with Gasteiger partial charge < -0.3 is 23.8 Å². The topological polar surface area (TPSA) is 86.3 Å². The van der Waals surface area contributed by atoms with E-state index in [-0.39, 0.29) is 5.71 Å². The third kappa shape index (κ3) is 3.19. The molecule has 0 fully saturated rings. The molecule has 1 N–H and O–H groups in total. The van der Waals surface area contributed by atoms with Gasteiger partial charge in [-0.15, -0.1) is 0 Å². The van der Waals surface area contributed by atoms with Gasteiger partial charge >= 0.3 is 0 Å². The Kier molecular flexibility index (Phi) is 5.07. The molecule has 26 heavy (non-hydrogen) atoms. The van der Waals surface area contributed by atoms with Crippen LogP contribution in [0.5, 0.6) is 17.2 Å². The third-order valence-corrected chi connectivity index (χ3v) is 3.81. The van der Waals surface area contributed by atoms with E-state index in [9.17, 15) is 5.21 Å². The first-order chi connectivity index (χ1) is 12.7. The number of hydrogen-bond acceptors (Lipinski definition) is 7. The van der Waals surface area contributed by atoms with Crippen LogP contribution < -0.4 is 14.2 Å². The average Bonchev–Trinajstić information content (AvgIpc) is 3.18. The molecule has 0 saturated carbocycles. The van der Waals surface area contributed by atoms with Crippen molar-refractivity contribution in [3.05, 3.63) is 60.0 Å². The van der Waals surface area contributed by atoms with Gasteiger partial charge in [-0.2, -0.15) is 0 Å². The van der Waals surface area contributed by atoms with E-state index in [4.69, 9.17) is 18.6 Å². The Morgan fingerprint density at radius 2 is 1.65 bits per heavy atom. The number of benzene rings is 2. The number of oxime groups is 1. The Balaban J connectivity index is 2.04. The Morgan fingerprint density at radius 3 is 2.19 bits per heavy atom. The van der Waals surface area contributed by atoms with Crippen LogP contribution >= 0.6 is 0 Å². The number of nitrogens with zero attached hydrogens (tertiary/aromatic N) is 2. The SMILES string of the molecule is COc1cc(C(=NO)c2coc(-c3ccccc3)n2)cc(OC)c1OC. The molecule has 1 heterocycles. The van der Waals surface area contributed by atoms with Gasteiger partial charge in [0, 0.05) is 11.1 Å². The highest BCUT2D eigenvalue weighted by Crippen LogP contribution is 2.38. The quantitative estimate of drug-likeness (QED) is 0.413. The molecule has 0 unspecified atom stereocenters. The molecule has 7 nitrogen and oxygen atoms in total. The van der Waals surface area contributed by atoms with Crippen molar-refractivity contribution < 1.29 is 23.8 Å². The summed E-state index contributed by atoms with van der Waals surface area (Å²) in [6.45, 7) is 0. The van der Waals surface area contributed by atoms with Crippen molar-refractivity contribution in [2.24, 2.45) is 5.16 Å². The fourth-order valence-electron chi connectivity index (χ4n) is 2.57. The van der Waals surface area contributed by atoms with Crippen molar-refractivity contribution in [1.29, 1.82) is 0 Å². The summed E-state index contributed by atoms with van der Waals surface area (Å²) in [5.74, 6) is 1.75. The molecule has 0 amide bonds. The van der Waals surface area contributed by atoms with Gasteiger partial charge in [0.15, 0.2) is 11.5 Å². The van der Waals surface area contributed by atoms with Crippen molar-refractivity contribution >= 4 is 5.71 Å². The van der Waals surface area contributed by atoms with E-state index in [1.165, 1.54) is 27.6 Å². The summed E-state index contributed by atoms with van der Waals surface area (Å²) >= 11 is 0. The van der Waals surface area contributed by atoms with Gasteiger partial charge in [-0.05, 0) is 24.3 Å². The molecule has 3 rings (SSSR count). The maximum atomic E-state index is 9.56. The van der Waals surface area contributed by atoms with Crippen molar-refractivity contribution in [2.75, 3.05) is 21.3 Å². The lowest BCUT2D eigenvalue weighted by Gasteiger charge is -2.14. The second-order valence-corrected chi connectivity index (χ2v) is 5.27. The van der Waals surface area contributed by atoms with E-state index in [2.05, 4.69) is 10.1 Å². The standard InChI is InChI=1S/C19H18N2O5/c1-23-15-9-13(10-16(24-2)18(15)25-3)17(21-22)14-11-26-19(20-14)12-7-5-4-6-8-12/h4-11,22H,1-3H3. The first-order valence-electron chi connectivity index (χ1n) is 7.75. The Bertz CT molecular complexity index is 894. The van der Waals surface area contributed by atoms with Crippen LogP contribution in [0.15, 0.2) is 58.3 Å². The van der Waals surface area contributed by atoms with E-state index >= 15 is 0 Å². The second kappa shape index (κ2) is 7.60. The summed E-state index contributed by atoms with van der Waals surface area (Å²) < 4.78 is 21.5. The van der Waals surface area contributed by atoms with Crippen LogP contribution in [0, 0.1) is 0 Å². The van der Waals surface area contributed by atoms with Gasteiger partial charge in [-0.3, -0.25) is 0 Å². The average molecular weight is 354 g/mol. The van der Waals surface area contributed by atoms with Crippen molar-refractivity contribution in [3.63, 3.8) is 0 Å². The predicted molar refractivity (Wildman–Crippen MR) is 95.5 cm³/mol. The molecule has 134 valence electrons. The normalized spacial score (nSPS) is 11.3. The van der Waals surface area contributed by atoms with E-state index in [0.717, 1.165) is 5.56 Å². The van der Waals surface area contributed by atoms with E-state index < -0.39 is 0 Å². The summed E-state index contributed by atoms with van der Waals surface area (Å²) in [5, 5.41) is 12.9. The van der Waals surface area contributed by atoms with Crippen LogP contribution in [-0.2, 0) is 0 Å². The number of rotatable bonds is 6. The zero-order chi connectivity index (χ0) is 18.5. The van der Waals surface area contributed by atoms with Crippen LogP contribution in [0.1, 0.15) is 11.3 Å². The maximum Gasteiger partial charge on any atom is 0.226 e. The molecular formula is C19H18N2O5. The summed E-state index contributed by atoms with van der Waals surface area (Å²) in [5.41, 5.74) is 1.95. The molecule has 0 aliphatic carbocycles. The van der Waals surface area contributed by atoms with Gasteiger partial charge in [-0.1, -0.05) is 23.4 Å². The second-order valence-electron chi connectivity index (χ2n) is 5.27. The maximum absolute atomic E-state index is 9.56.